The van der Waals surface area contributed by atoms with Gasteiger partial charge in [0.15, 0.2) is 0 Å². The summed E-state index contributed by atoms with van der Waals surface area (Å²) in [6.07, 6.45) is 0.357. The molecule has 1 aliphatic rings. The lowest BCUT2D eigenvalue weighted by Crippen LogP contribution is -2.51. The highest BCUT2D eigenvalue weighted by Crippen LogP contribution is 2.19. The lowest BCUT2D eigenvalue weighted by molar-refractivity contribution is -0.130. The SMILES string of the molecule is CCC(=O)Nc1cccc(C(=O)NCC(=O)N2CCN(c3ccc(Cl)cc3)CC2)c1. The molecule has 0 aromatic heterocycles. The van der Waals surface area contributed by atoms with Crippen LogP contribution in [0.4, 0.5) is 11.4 Å². The number of nitrogens with zero attached hydrogens (tertiary/aromatic N) is 2. The second-order valence-electron chi connectivity index (χ2n) is 7.01. The first-order valence-electron chi connectivity index (χ1n) is 9.92. The van der Waals surface area contributed by atoms with E-state index in [4.69, 9.17) is 11.6 Å². The quantitative estimate of drug-likeness (QED) is 0.741. The Labute approximate surface area is 181 Å². The van der Waals surface area contributed by atoms with Crippen molar-refractivity contribution in [2.45, 2.75) is 13.3 Å². The minimum Gasteiger partial charge on any atom is -0.368 e. The van der Waals surface area contributed by atoms with Crippen molar-refractivity contribution in [2.75, 3.05) is 42.9 Å². The summed E-state index contributed by atoms with van der Waals surface area (Å²) in [7, 11) is 0. The predicted molar refractivity (Wildman–Crippen MR) is 118 cm³/mol. The van der Waals surface area contributed by atoms with E-state index in [9.17, 15) is 14.4 Å². The molecular weight excluding hydrogens is 404 g/mol. The Morgan fingerprint density at radius 1 is 1.00 bits per heavy atom. The molecule has 0 unspecified atom stereocenters. The normalized spacial score (nSPS) is 13.7. The van der Waals surface area contributed by atoms with Crippen molar-refractivity contribution in [2.24, 2.45) is 0 Å². The Kier molecular flexibility index (Phi) is 7.30. The van der Waals surface area contributed by atoms with Gasteiger partial charge in [0.2, 0.25) is 11.8 Å². The number of benzene rings is 2. The number of nitrogens with one attached hydrogen (secondary N) is 2. The summed E-state index contributed by atoms with van der Waals surface area (Å²) in [5.41, 5.74) is 2.03. The van der Waals surface area contributed by atoms with E-state index in [1.54, 1.807) is 36.1 Å². The first-order valence-corrected chi connectivity index (χ1v) is 10.3. The summed E-state index contributed by atoms with van der Waals surface area (Å²) in [4.78, 5) is 40.3. The summed E-state index contributed by atoms with van der Waals surface area (Å²) < 4.78 is 0. The van der Waals surface area contributed by atoms with Crippen LogP contribution in [0.15, 0.2) is 48.5 Å². The first kappa shape index (κ1) is 21.6. The minimum absolute atomic E-state index is 0.0642. The second-order valence-corrected chi connectivity index (χ2v) is 7.45. The summed E-state index contributed by atoms with van der Waals surface area (Å²) in [6, 6.07) is 14.3. The van der Waals surface area contributed by atoms with Crippen LogP contribution in [0.2, 0.25) is 5.02 Å². The van der Waals surface area contributed by atoms with Crippen LogP contribution in [0.25, 0.3) is 0 Å². The van der Waals surface area contributed by atoms with Gasteiger partial charge in [-0.05, 0) is 42.5 Å². The van der Waals surface area contributed by atoms with Gasteiger partial charge in [-0.25, -0.2) is 0 Å². The molecule has 8 heteroatoms. The summed E-state index contributed by atoms with van der Waals surface area (Å²) >= 11 is 5.93. The molecule has 158 valence electrons. The standard InChI is InChI=1S/C22H25ClN4O3/c1-2-20(28)25-18-5-3-4-16(14-18)22(30)24-15-21(29)27-12-10-26(11-13-27)19-8-6-17(23)7-9-19/h3-9,14H,2,10-13,15H2,1H3,(H,24,30)(H,25,28). The molecular formula is C22H25ClN4O3. The average molecular weight is 429 g/mol. The van der Waals surface area contributed by atoms with E-state index >= 15 is 0 Å². The molecule has 0 spiro atoms. The maximum Gasteiger partial charge on any atom is 0.251 e. The molecule has 1 saturated heterocycles. The van der Waals surface area contributed by atoms with Gasteiger partial charge in [0.25, 0.3) is 5.91 Å². The van der Waals surface area contributed by atoms with Crippen molar-refractivity contribution in [3.05, 3.63) is 59.1 Å². The Hall–Kier alpha value is -3.06. The van der Waals surface area contributed by atoms with Gasteiger partial charge in [0.05, 0.1) is 6.54 Å². The number of piperazine rings is 1. The van der Waals surface area contributed by atoms with Gasteiger partial charge in [0.1, 0.15) is 0 Å². The van der Waals surface area contributed by atoms with Crippen molar-refractivity contribution < 1.29 is 14.4 Å². The molecule has 3 amide bonds. The third-order valence-electron chi connectivity index (χ3n) is 4.95. The molecule has 2 aromatic carbocycles. The lowest BCUT2D eigenvalue weighted by atomic mass is 10.2. The fraction of sp³-hybridized carbons (Fsp3) is 0.318. The van der Waals surface area contributed by atoms with Gasteiger partial charge < -0.3 is 20.4 Å². The third-order valence-corrected chi connectivity index (χ3v) is 5.21. The van der Waals surface area contributed by atoms with Crippen LogP contribution in [0, 0.1) is 0 Å². The molecule has 7 nitrogen and oxygen atoms in total. The Balaban J connectivity index is 1.48. The van der Waals surface area contributed by atoms with Crippen molar-refractivity contribution in [3.63, 3.8) is 0 Å². The molecule has 1 aliphatic heterocycles. The van der Waals surface area contributed by atoms with Gasteiger partial charge in [-0.2, -0.15) is 0 Å². The van der Waals surface area contributed by atoms with Gasteiger partial charge in [-0.15, -0.1) is 0 Å². The number of rotatable bonds is 6. The van der Waals surface area contributed by atoms with Crippen LogP contribution in [0.3, 0.4) is 0 Å². The number of hydrogen-bond acceptors (Lipinski definition) is 4. The highest BCUT2D eigenvalue weighted by molar-refractivity contribution is 6.30. The van der Waals surface area contributed by atoms with Crippen LogP contribution >= 0.6 is 11.6 Å². The van der Waals surface area contributed by atoms with E-state index in [1.165, 1.54) is 0 Å². The van der Waals surface area contributed by atoms with E-state index in [-0.39, 0.29) is 24.3 Å². The largest absolute Gasteiger partial charge is 0.368 e. The molecule has 0 aliphatic carbocycles. The summed E-state index contributed by atoms with van der Waals surface area (Å²) in [5.74, 6) is -0.592. The Morgan fingerprint density at radius 2 is 1.70 bits per heavy atom. The smallest absolute Gasteiger partial charge is 0.251 e. The Bertz CT molecular complexity index is 909. The molecule has 0 radical (unpaired) electrons. The predicted octanol–water partition coefficient (Wildman–Crippen LogP) is 2.77. The number of hydrogen-bond donors (Lipinski definition) is 2. The molecule has 0 bridgehead atoms. The zero-order valence-electron chi connectivity index (χ0n) is 16.9. The van der Waals surface area contributed by atoms with E-state index in [0.29, 0.717) is 35.8 Å². The average Bonchev–Trinajstić information content (AvgIpc) is 2.78. The van der Waals surface area contributed by atoms with Crippen molar-refractivity contribution in [1.82, 2.24) is 10.2 Å². The zero-order chi connectivity index (χ0) is 21.5. The van der Waals surface area contributed by atoms with E-state index < -0.39 is 0 Å². The van der Waals surface area contributed by atoms with Gasteiger partial charge in [0, 0.05) is 54.6 Å². The Morgan fingerprint density at radius 3 is 2.37 bits per heavy atom. The molecule has 30 heavy (non-hydrogen) atoms. The molecule has 0 saturated carbocycles. The first-order chi connectivity index (χ1) is 14.5. The van der Waals surface area contributed by atoms with Crippen LogP contribution in [0.1, 0.15) is 23.7 Å². The highest BCUT2D eigenvalue weighted by Gasteiger charge is 2.21. The molecule has 2 N–H and O–H groups in total. The third kappa shape index (κ3) is 5.73. The van der Waals surface area contributed by atoms with Crippen LogP contribution < -0.4 is 15.5 Å². The van der Waals surface area contributed by atoms with E-state index in [2.05, 4.69) is 15.5 Å². The number of amides is 3. The minimum atomic E-state index is -0.351. The highest BCUT2D eigenvalue weighted by atomic mass is 35.5. The van der Waals surface area contributed by atoms with E-state index in [1.807, 2.05) is 24.3 Å². The second kappa shape index (κ2) is 10.1. The molecule has 3 rings (SSSR count). The van der Waals surface area contributed by atoms with E-state index in [0.717, 1.165) is 18.8 Å². The number of anilines is 2. The number of halogens is 1. The van der Waals surface area contributed by atoms with Crippen molar-refractivity contribution in [1.29, 1.82) is 0 Å². The zero-order valence-corrected chi connectivity index (χ0v) is 17.6. The monoisotopic (exact) mass is 428 g/mol. The molecule has 2 aromatic rings. The van der Waals surface area contributed by atoms with Crippen LogP contribution in [-0.4, -0.2) is 55.3 Å². The van der Waals surface area contributed by atoms with Crippen molar-refractivity contribution in [3.8, 4) is 0 Å². The lowest BCUT2D eigenvalue weighted by Gasteiger charge is -2.36. The maximum atomic E-state index is 12.5. The number of carbonyl (C=O) groups is 3. The topological polar surface area (TPSA) is 81.8 Å². The van der Waals surface area contributed by atoms with Gasteiger partial charge in [-0.3, -0.25) is 14.4 Å². The maximum absolute atomic E-state index is 12.5. The molecule has 0 atom stereocenters. The fourth-order valence-corrected chi connectivity index (χ4v) is 3.35. The summed E-state index contributed by atoms with van der Waals surface area (Å²) in [5, 5.41) is 6.08. The summed E-state index contributed by atoms with van der Waals surface area (Å²) in [6.45, 7) is 4.32. The molecule has 1 fully saturated rings. The van der Waals surface area contributed by atoms with Crippen molar-refractivity contribution >= 4 is 40.7 Å². The van der Waals surface area contributed by atoms with Crippen LogP contribution in [0.5, 0.6) is 0 Å². The number of carbonyl (C=O) groups excluding carboxylic acids is 3. The fourth-order valence-electron chi connectivity index (χ4n) is 3.22. The molecule has 1 heterocycles. The van der Waals surface area contributed by atoms with Crippen LogP contribution in [-0.2, 0) is 9.59 Å². The van der Waals surface area contributed by atoms with Gasteiger partial charge >= 0.3 is 0 Å². The van der Waals surface area contributed by atoms with Gasteiger partial charge in [-0.1, -0.05) is 24.6 Å².